The molecule has 1 atom stereocenters. The average molecular weight is 227 g/mol. The van der Waals surface area contributed by atoms with Crippen molar-refractivity contribution in [3.8, 4) is 0 Å². The number of carbonyl (C=O) groups is 1. The van der Waals surface area contributed by atoms with Gasteiger partial charge in [-0.2, -0.15) is 0 Å². The number of hydrogen-bond donors (Lipinski definition) is 1. The molecule has 1 heterocycles. The van der Waals surface area contributed by atoms with E-state index in [1.165, 1.54) is 38.5 Å². The smallest absolute Gasteiger partial charge is 0.225 e. The molecular formula is C12H21NOS. The Morgan fingerprint density at radius 2 is 1.93 bits per heavy atom. The zero-order valence-corrected chi connectivity index (χ0v) is 10.4. The van der Waals surface area contributed by atoms with Crippen LogP contribution in [0.3, 0.4) is 0 Å². The van der Waals surface area contributed by atoms with Gasteiger partial charge in [-0.05, 0) is 6.42 Å². The molecule has 0 spiro atoms. The molecule has 0 bridgehead atoms. The Hall–Kier alpha value is -0.440. The van der Waals surface area contributed by atoms with E-state index in [0.29, 0.717) is 12.3 Å². The van der Waals surface area contributed by atoms with Crippen molar-refractivity contribution in [2.24, 2.45) is 5.92 Å². The van der Waals surface area contributed by atoms with Gasteiger partial charge in [-0.15, -0.1) is 0 Å². The third-order valence-corrected chi connectivity index (χ3v) is 3.41. The van der Waals surface area contributed by atoms with E-state index >= 15 is 0 Å². The monoisotopic (exact) mass is 227 g/mol. The fourth-order valence-corrected chi connectivity index (χ4v) is 2.33. The molecule has 1 aliphatic rings. The average Bonchev–Trinajstić information content (AvgIpc) is 2.51. The Balaban J connectivity index is 2.00. The first-order chi connectivity index (χ1) is 7.24. The van der Waals surface area contributed by atoms with Crippen LogP contribution in [0.1, 0.15) is 58.3 Å². The number of rotatable bonds is 7. The Morgan fingerprint density at radius 1 is 1.27 bits per heavy atom. The summed E-state index contributed by atoms with van der Waals surface area (Å²) in [7, 11) is 0. The van der Waals surface area contributed by atoms with Crippen LogP contribution >= 0.6 is 12.2 Å². The molecule has 1 aliphatic heterocycles. The van der Waals surface area contributed by atoms with Gasteiger partial charge in [0.2, 0.25) is 5.91 Å². The molecule has 3 heteroatoms. The van der Waals surface area contributed by atoms with Gasteiger partial charge in [0.15, 0.2) is 0 Å². The highest BCUT2D eigenvalue weighted by atomic mass is 32.1. The number of carbonyl (C=O) groups excluding carboxylic acids is 1. The summed E-state index contributed by atoms with van der Waals surface area (Å²) in [6.45, 7) is 2.23. The fourth-order valence-electron chi connectivity index (χ4n) is 2.01. The van der Waals surface area contributed by atoms with Crippen LogP contribution in [0, 0.1) is 5.92 Å². The number of hydrogen-bond acceptors (Lipinski definition) is 2. The van der Waals surface area contributed by atoms with E-state index in [-0.39, 0.29) is 5.91 Å². The lowest BCUT2D eigenvalue weighted by atomic mass is 9.99. The Labute approximate surface area is 97.8 Å². The summed E-state index contributed by atoms with van der Waals surface area (Å²) in [5.41, 5.74) is 0. The molecule has 0 radical (unpaired) electrons. The summed E-state index contributed by atoms with van der Waals surface area (Å²) >= 11 is 5.11. The molecular weight excluding hydrogens is 206 g/mol. The van der Waals surface area contributed by atoms with Gasteiger partial charge in [0.25, 0.3) is 0 Å². The van der Waals surface area contributed by atoms with Crippen LogP contribution in [0.4, 0.5) is 0 Å². The van der Waals surface area contributed by atoms with Gasteiger partial charge in [-0.1, -0.05) is 57.7 Å². The molecule has 1 N–H and O–H groups in total. The van der Waals surface area contributed by atoms with Crippen molar-refractivity contribution in [2.45, 2.75) is 58.3 Å². The minimum atomic E-state index is 0.107. The van der Waals surface area contributed by atoms with Crippen LogP contribution in [-0.4, -0.2) is 10.9 Å². The maximum absolute atomic E-state index is 11.0. The first kappa shape index (κ1) is 12.6. The zero-order valence-electron chi connectivity index (χ0n) is 9.55. The van der Waals surface area contributed by atoms with Gasteiger partial charge < -0.3 is 5.32 Å². The SMILES string of the molecule is CCCCCCCCC1CC(=O)NC1=S. The molecule has 1 saturated heterocycles. The van der Waals surface area contributed by atoms with Gasteiger partial charge in [0.1, 0.15) is 0 Å². The summed E-state index contributed by atoms with van der Waals surface area (Å²) in [5.74, 6) is 0.439. The molecule has 1 fully saturated rings. The number of amides is 1. The molecule has 1 amide bonds. The molecule has 0 aromatic heterocycles. The molecule has 0 aromatic rings. The van der Waals surface area contributed by atoms with E-state index in [1.807, 2.05) is 0 Å². The van der Waals surface area contributed by atoms with Crippen molar-refractivity contribution < 1.29 is 4.79 Å². The highest BCUT2D eigenvalue weighted by molar-refractivity contribution is 7.80. The summed E-state index contributed by atoms with van der Waals surface area (Å²) in [5, 5.41) is 2.72. The van der Waals surface area contributed by atoms with Crippen molar-refractivity contribution in [1.82, 2.24) is 5.32 Å². The minimum Gasteiger partial charge on any atom is -0.320 e. The Kier molecular flexibility index (Phi) is 5.84. The van der Waals surface area contributed by atoms with Gasteiger partial charge >= 0.3 is 0 Å². The predicted molar refractivity (Wildman–Crippen MR) is 66.8 cm³/mol. The molecule has 0 aliphatic carbocycles. The molecule has 2 nitrogen and oxygen atoms in total. The molecule has 86 valence electrons. The third-order valence-electron chi connectivity index (χ3n) is 2.97. The van der Waals surface area contributed by atoms with Gasteiger partial charge in [0.05, 0.1) is 4.99 Å². The van der Waals surface area contributed by atoms with Gasteiger partial charge in [0, 0.05) is 12.3 Å². The first-order valence-electron chi connectivity index (χ1n) is 6.07. The Morgan fingerprint density at radius 3 is 2.53 bits per heavy atom. The van der Waals surface area contributed by atoms with Crippen LogP contribution < -0.4 is 5.32 Å². The molecule has 0 aromatic carbocycles. The van der Waals surface area contributed by atoms with Gasteiger partial charge in [-0.25, -0.2) is 0 Å². The normalized spacial score (nSPS) is 20.7. The van der Waals surface area contributed by atoms with E-state index in [9.17, 15) is 4.79 Å². The maximum atomic E-state index is 11.0. The second-order valence-corrected chi connectivity index (χ2v) is 4.81. The topological polar surface area (TPSA) is 29.1 Å². The second kappa shape index (κ2) is 6.94. The van der Waals surface area contributed by atoms with Crippen LogP contribution in [0.5, 0.6) is 0 Å². The molecule has 15 heavy (non-hydrogen) atoms. The number of nitrogens with one attached hydrogen (secondary N) is 1. The van der Waals surface area contributed by atoms with Crippen molar-refractivity contribution in [1.29, 1.82) is 0 Å². The van der Waals surface area contributed by atoms with Crippen LogP contribution in [0.15, 0.2) is 0 Å². The predicted octanol–water partition coefficient (Wildman–Crippen LogP) is 3.20. The van der Waals surface area contributed by atoms with E-state index in [1.54, 1.807) is 0 Å². The molecule has 1 unspecified atom stereocenters. The highest BCUT2D eigenvalue weighted by Gasteiger charge is 2.26. The standard InChI is InChI=1S/C12H21NOS/c1-2-3-4-5-6-7-8-10-9-11(14)13-12(10)15/h10H,2-9H2,1H3,(H,13,14,15). The third kappa shape index (κ3) is 4.74. The van der Waals surface area contributed by atoms with Crippen molar-refractivity contribution in [3.05, 3.63) is 0 Å². The summed E-state index contributed by atoms with van der Waals surface area (Å²) in [4.78, 5) is 11.8. The lowest BCUT2D eigenvalue weighted by molar-refractivity contribution is -0.118. The number of thiocarbonyl (C=S) groups is 1. The van der Waals surface area contributed by atoms with Crippen LogP contribution in [0.2, 0.25) is 0 Å². The van der Waals surface area contributed by atoms with E-state index < -0.39 is 0 Å². The Bertz CT molecular complexity index is 228. The molecule has 1 rings (SSSR count). The minimum absolute atomic E-state index is 0.107. The summed E-state index contributed by atoms with van der Waals surface area (Å²) < 4.78 is 0. The van der Waals surface area contributed by atoms with E-state index in [2.05, 4.69) is 12.2 Å². The fraction of sp³-hybridized carbons (Fsp3) is 0.833. The molecule has 0 saturated carbocycles. The highest BCUT2D eigenvalue weighted by Crippen LogP contribution is 2.20. The second-order valence-electron chi connectivity index (χ2n) is 4.37. The van der Waals surface area contributed by atoms with Crippen LogP contribution in [-0.2, 0) is 4.79 Å². The van der Waals surface area contributed by atoms with Crippen molar-refractivity contribution in [2.75, 3.05) is 0 Å². The summed E-state index contributed by atoms with van der Waals surface area (Å²) in [6.07, 6.45) is 9.53. The van der Waals surface area contributed by atoms with E-state index in [4.69, 9.17) is 12.2 Å². The van der Waals surface area contributed by atoms with Gasteiger partial charge in [-0.3, -0.25) is 4.79 Å². The first-order valence-corrected chi connectivity index (χ1v) is 6.48. The largest absolute Gasteiger partial charge is 0.320 e. The zero-order chi connectivity index (χ0) is 11.1. The number of unbranched alkanes of at least 4 members (excludes halogenated alkanes) is 5. The van der Waals surface area contributed by atoms with Crippen molar-refractivity contribution in [3.63, 3.8) is 0 Å². The lowest BCUT2D eigenvalue weighted by Gasteiger charge is -2.06. The lowest BCUT2D eigenvalue weighted by Crippen LogP contribution is -2.20. The van der Waals surface area contributed by atoms with E-state index in [0.717, 1.165) is 11.4 Å². The van der Waals surface area contributed by atoms with Crippen molar-refractivity contribution >= 4 is 23.1 Å². The van der Waals surface area contributed by atoms with Crippen LogP contribution in [0.25, 0.3) is 0 Å². The maximum Gasteiger partial charge on any atom is 0.225 e. The quantitative estimate of drug-likeness (QED) is 0.534. The summed E-state index contributed by atoms with van der Waals surface area (Å²) in [6, 6.07) is 0.